The van der Waals surface area contributed by atoms with Crippen molar-refractivity contribution in [3.8, 4) is 23.1 Å². The van der Waals surface area contributed by atoms with E-state index in [-0.39, 0.29) is 28.9 Å². The normalized spacial score (nSPS) is 11.4. The Labute approximate surface area is 198 Å². The van der Waals surface area contributed by atoms with Crippen LogP contribution in [0.3, 0.4) is 0 Å². The summed E-state index contributed by atoms with van der Waals surface area (Å²) < 4.78 is 51.2. The Hall–Kier alpha value is -4.48. The number of urea groups is 1. The summed E-state index contributed by atoms with van der Waals surface area (Å²) in [5.74, 6) is -0.619. The number of methoxy groups -OCH3 is 2. The fraction of sp³-hybridized carbons (Fsp3) is 0.217. The second-order valence-corrected chi connectivity index (χ2v) is 7.79. The molecule has 35 heavy (non-hydrogen) atoms. The topological polar surface area (TPSA) is 126 Å². The number of nitrogens with two attached hydrogens (primary N) is 1. The highest BCUT2D eigenvalue weighted by molar-refractivity contribution is 5.97. The summed E-state index contributed by atoms with van der Waals surface area (Å²) in [5.41, 5.74) is 3.69. The molecule has 2 heterocycles. The van der Waals surface area contributed by atoms with E-state index in [0.717, 1.165) is 11.0 Å². The number of benzene rings is 2. The van der Waals surface area contributed by atoms with Crippen molar-refractivity contribution in [2.45, 2.75) is 19.5 Å². The van der Waals surface area contributed by atoms with Gasteiger partial charge in [0.25, 0.3) is 0 Å². The van der Waals surface area contributed by atoms with Crippen LogP contribution in [-0.4, -0.2) is 35.4 Å². The van der Waals surface area contributed by atoms with E-state index in [1.807, 2.05) is 0 Å². The lowest BCUT2D eigenvalue weighted by Gasteiger charge is -2.19. The number of hydrogen-bond donors (Lipinski definition) is 1. The average molecular weight is 485 g/mol. The summed E-state index contributed by atoms with van der Waals surface area (Å²) >= 11 is 0. The highest BCUT2D eigenvalue weighted by Crippen LogP contribution is 2.39. The Morgan fingerprint density at radius 1 is 1.09 bits per heavy atom. The molecule has 182 valence electrons. The third-order valence-corrected chi connectivity index (χ3v) is 5.04. The smallest absolute Gasteiger partial charge is 0.326 e. The van der Waals surface area contributed by atoms with E-state index in [1.54, 1.807) is 12.1 Å². The van der Waals surface area contributed by atoms with Crippen LogP contribution in [-0.2, 0) is 5.67 Å². The highest BCUT2D eigenvalue weighted by atomic mass is 19.1. The number of carbonyl (C=O) groups is 1. The maximum absolute atomic E-state index is 15.6. The van der Waals surface area contributed by atoms with E-state index in [2.05, 4.69) is 15.1 Å². The second kappa shape index (κ2) is 9.05. The Balaban J connectivity index is 1.76. The Morgan fingerprint density at radius 2 is 1.80 bits per heavy atom. The van der Waals surface area contributed by atoms with E-state index in [4.69, 9.17) is 24.5 Å². The van der Waals surface area contributed by atoms with Gasteiger partial charge in [-0.3, -0.25) is 0 Å². The van der Waals surface area contributed by atoms with Crippen LogP contribution in [0.1, 0.15) is 19.5 Å². The van der Waals surface area contributed by atoms with Crippen molar-refractivity contribution < 1.29 is 32.3 Å². The molecule has 2 N–H and O–H groups in total. The zero-order valence-corrected chi connectivity index (χ0v) is 19.2. The van der Waals surface area contributed by atoms with Crippen LogP contribution >= 0.6 is 0 Å². The predicted octanol–water partition coefficient (Wildman–Crippen LogP) is 4.99. The van der Waals surface area contributed by atoms with E-state index in [1.165, 1.54) is 52.6 Å². The first-order valence-corrected chi connectivity index (χ1v) is 10.2. The number of rotatable bonds is 7. The Morgan fingerprint density at radius 3 is 2.43 bits per heavy atom. The number of ether oxygens (including phenoxy) is 3. The fourth-order valence-electron chi connectivity index (χ4n) is 3.29. The van der Waals surface area contributed by atoms with Gasteiger partial charge in [-0.1, -0.05) is 11.2 Å². The van der Waals surface area contributed by atoms with Crippen molar-refractivity contribution in [3.63, 3.8) is 0 Å². The van der Waals surface area contributed by atoms with Crippen molar-refractivity contribution in [3.05, 3.63) is 54.2 Å². The van der Waals surface area contributed by atoms with E-state index >= 15 is 4.39 Å². The summed E-state index contributed by atoms with van der Waals surface area (Å²) in [4.78, 5) is 21.2. The number of primary amides is 1. The van der Waals surface area contributed by atoms with Gasteiger partial charge in [-0.2, -0.15) is 0 Å². The first kappa shape index (κ1) is 23.7. The van der Waals surface area contributed by atoms with Crippen molar-refractivity contribution in [1.82, 2.24) is 15.1 Å². The lowest BCUT2D eigenvalue weighted by molar-refractivity contribution is 0.204. The SMILES string of the molecule is COc1cc2ncnc(Oc3cccc(N(C(N)=O)c4cc(C(C)(C)F)no4)c3F)c2cc1OC. The van der Waals surface area contributed by atoms with Crippen LogP contribution in [0.25, 0.3) is 10.9 Å². The molecule has 12 heteroatoms. The molecule has 4 aromatic rings. The van der Waals surface area contributed by atoms with Crippen LogP contribution in [0.4, 0.5) is 25.1 Å². The summed E-state index contributed by atoms with van der Waals surface area (Å²) in [6.45, 7) is 2.52. The molecule has 0 aliphatic rings. The van der Waals surface area contributed by atoms with Gasteiger partial charge in [-0.05, 0) is 32.0 Å². The number of fused-ring (bicyclic) bond motifs is 1. The second-order valence-electron chi connectivity index (χ2n) is 7.79. The third kappa shape index (κ3) is 4.50. The van der Waals surface area contributed by atoms with Crippen LogP contribution in [0.15, 0.2) is 47.2 Å². The van der Waals surface area contributed by atoms with Gasteiger partial charge in [0.05, 0.1) is 30.8 Å². The number of anilines is 2. The van der Waals surface area contributed by atoms with Gasteiger partial charge in [-0.25, -0.2) is 28.4 Å². The van der Waals surface area contributed by atoms with Crippen LogP contribution in [0.5, 0.6) is 23.1 Å². The van der Waals surface area contributed by atoms with Crippen molar-refractivity contribution >= 4 is 28.5 Å². The largest absolute Gasteiger partial charge is 0.493 e. The number of carbonyl (C=O) groups excluding carboxylic acids is 1. The molecule has 0 unspecified atom stereocenters. The minimum absolute atomic E-state index is 0.0266. The zero-order chi connectivity index (χ0) is 25.3. The molecule has 2 aromatic carbocycles. The number of alkyl halides is 1. The summed E-state index contributed by atoms with van der Waals surface area (Å²) in [5, 5.41) is 4.03. The zero-order valence-electron chi connectivity index (χ0n) is 19.2. The van der Waals surface area contributed by atoms with Gasteiger partial charge in [0, 0.05) is 12.1 Å². The molecule has 0 aliphatic heterocycles. The van der Waals surface area contributed by atoms with Gasteiger partial charge < -0.3 is 24.5 Å². The first-order valence-electron chi connectivity index (χ1n) is 10.2. The average Bonchev–Trinajstić information content (AvgIpc) is 3.31. The lowest BCUT2D eigenvalue weighted by atomic mass is 10.1. The third-order valence-electron chi connectivity index (χ3n) is 5.04. The minimum Gasteiger partial charge on any atom is -0.493 e. The van der Waals surface area contributed by atoms with Gasteiger partial charge in [0.2, 0.25) is 11.8 Å². The van der Waals surface area contributed by atoms with E-state index < -0.39 is 17.5 Å². The molecule has 0 saturated heterocycles. The molecule has 0 atom stereocenters. The summed E-state index contributed by atoms with van der Waals surface area (Å²) in [6.07, 6.45) is 1.25. The molecular weight excluding hydrogens is 464 g/mol. The number of aromatic nitrogens is 3. The Bertz CT molecular complexity index is 1400. The molecule has 2 aromatic heterocycles. The molecule has 0 fully saturated rings. The molecular formula is C23H21F2N5O5. The molecule has 0 radical (unpaired) electrons. The summed E-state index contributed by atoms with van der Waals surface area (Å²) in [6, 6.07) is 7.35. The molecule has 0 saturated carbocycles. The maximum atomic E-state index is 15.6. The van der Waals surface area contributed by atoms with Gasteiger partial charge >= 0.3 is 6.03 Å². The van der Waals surface area contributed by atoms with Crippen molar-refractivity contribution in [2.75, 3.05) is 19.1 Å². The molecule has 10 nitrogen and oxygen atoms in total. The fourth-order valence-corrected chi connectivity index (χ4v) is 3.29. The van der Waals surface area contributed by atoms with Crippen molar-refractivity contribution in [2.24, 2.45) is 5.73 Å². The van der Waals surface area contributed by atoms with Crippen LogP contribution in [0.2, 0.25) is 0 Å². The molecule has 0 bridgehead atoms. The molecule has 4 rings (SSSR count). The number of nitrogens with zero attached hydrogens (tertiary/aromatic N) is 4. The monoisotopic (exact) mass is 485 g/mol. The minimum atomic E-state index is -1.85. The molecule has 2 amide bonds. The van der Waals surface area contributed by atoms with E-state index in [9.17, 15) is 9.18 Å². The van der Waals surface area contributed by atoms with Gasteiger partial charge in [0.15, 0.2) is 28.7 Å². The number of halogens is 2. The van der Waals surface area contributed by atoms with Crippen molar-refractivity contribution in [1.29, 1.82) is 0 Å². The summed E-state index contributed by atoms with van der Waals surface area (Å²) in [7, 11) is 2.95. The molecule has 0 aliphatic carbocycles. The maximum Gasteiger partial charge on any atom is 0.326 e. The molecule has 0 spiro atoms. The van der Waals surface area contributed by atoms with Gasteiger partial charge in [0.1, 0.15) is 12.0 Å². The van der Waals surface area contributed by atoms with Crippen LogP contribution in [0, 0.1) is 5.82 Å². The predicted molar refractivity (Wildman–Crippen MR) is 121 cm³/mol. The number of hydrogen-bond acceptors (Lipinski definition) is 8. The quantitative estimate of drug-likeness (QED) is 0.388. The number of amides is 2. The van der Waals surface area contributed by atoms with Crippen LogP contribution < -0.4 is 24.8 Å². The van der Waals surface area contributed by atoms with Gasteiger partial charge in [-0.15, -0.1) is 0 Å². The highest BCUT2D eigenvalue weighted by Gasteiger charge is 2.29. The standard InChI is InChI=1S/C23H21F2N5O5/c1-23(2,25)18-10-19(35-29-18)30(22(26)31)14-6-5-7-15(20(14)24)34-21-12-8-16(32-3)17(33-4)9-13(12)27-11-28-21/h5-11H,1-4H3,(H2,26,31). The first-order chi connectivity index (χ1) is 16.6. The Kier molecular flexibility index (Phi) is 6.12. The van der Waals surface area contributed by atoms with E-state index in [0.29, 0.717) is 22.4 Å². The lowest BCUT2D eigenvalue weighted by Crippen LogP contribution is -2.32.